The van der Waals surface area contributed by atoms with Crippen LogP contribution in [0.25, 0.3) is 0 Å². The second-order valence-corrected chi connectivity index (χ2v) is 4.74. The van der Waals surface area contributed by atoms with E-state index in [9.17, 15) is 8.42 Å². The number of hydrogen-bond donors (Lipinski definition) is 2. The van der Waals surface area contributed by atoms with Gasteiger partial charge in [0.15, 0.2) is 0 Å². The van der Waals surface area contributed by atoms with E-state index in [1.807, 2.05) is 0 Å². The van der Waals surface area contributed by atoms with Crippen LogP contribution >= 0.6 is 0 Å². The van der Waals surface area contributed by atoms with Crippen molar-refractivity contribution in [1.82, 2.24) is 0 Å². The van der Waals surface area contributed by atoms with E-state index in [1.165, 1.54) is 0 Å². The van der Waals surface area contributed by atoms with Gasteiger partial charge in [-0.25, -0.2) is 8.42 Å². The molecular weight excluding hydrogens is 164 g/mol. The number of sulfone groups is 1. The maximum atomic E-state index is 11.0. The maximum absolute atomic E-state index is 11.0. The monoisotopic (exact) mass is 180 g/mol. The fourth-order valence-electron chi connectivity index (χ4n) is 0.709. The third-order valence-electron chi connectivity index (χ3n) is 1.32. The summed E-state index contributed by atoms with van der Waals surface area (Å²) in [6, 6.07) is 0. The SMILES string of the molecule is NCCCS(=O)(=O)CCCN. The normalized spacial score (nSPS) is 11.8. The van der Waals surface area contributed by atoms with Gasteiger partial charge in [-0.2, -0.15) is 0 Å². The van der Waals surface area contributed by atoms with Crippen LogP contribution in [0.15, 0.2) is 0 Å². The van der Waals surface area contributed by atoms with Crippen LogP contribution in [0.1, 0.15) is 12.8 Å². The Labute approximate surface area is 67.9 Å². The Kier molecular flexibility index (Phi) is 5.45. The molecule has 4 N–H and O–H groups in total. The van der Waals surface area contributed by atoms with Crippen LogP contribution in [-0.2, 0) is 9.84 Å². The van der Waals surface area contributed by atoms with Crippen LogP contribution in [0.4, 0.5) is 0 Å². The Balaban J connectivity index is 3.63. The first-order chi connectivity index (χ1) is 5.12. The molecule has 0 unspecified atom stereocenters. The van der Waals surface area contributed by atoms with Gasteiger partial charge in [-0.3, -0.25) is 0 Å². The van der Waals surface area contributed by atoms with E-state index in [0.717, 1.165) is 0 Å². The zero-order valence-electron chi connectivity index (χ0n) is 6.62. The highest BCUT2D eigenvalue weighted by Gasteiger charge is 2.07. The smallest absolute Gasteiger partial charge is 0.150 e. The molecule has 0 radical (unpaired) electrons. The van der Waals surface area contributed by atoms with E-state index in [0.29, 0.717) is 25.9 Å². The molecule has 0 spiro atoms. The van der Waals surface area contributed by atoms with Gasteiger partial charge in [0.2, 0.25) is 0 Å². The quantitative estimate of drug-likeness (QED) is 0.554. The molecule has 0 bridgehead atoms. The van der Waals surface area contributed by atoms with E-state index in [1.54, 1.807) is 0 Å². The predicted octanol–water partition coefficient (Wildman–Crippen LogP) is -0.901. The lowest BCUT2D eigenvalue weighted by Crippen LogP contribution is -2.16. The molecule has 0 aromatic rings. The highest BCUT2D eigenvalue weighted by atomic mass is 32.2. The largest absolute Gasteiger partial charge is 0.330 e. The van der Waals surface area contributed by atoms with Crippen LogP contribution in [0.5, 0.6) is 0 Å². The first-order valence-electron chi connectivity index (χ1n) is 3.73. The summed E-state index contributed by atoms with van der Waals surface area (Å²) in [5.41, 5.74) is 10.4. The van der Waals surface area contributed by atoms with Gasteiger partial charge in [0.25, 0.3) is 0 Å². The first kappa shape index (κ1) is 10.9. The average molecular weight is 180 g/mol. The molecule has 0 amide bonds. The van der Waals surface area contributed by atoms with Gasteiger partial charge in [-0.15, -0.1) is 0 Å². The van der Waals surface area contributed by atoms with Crippen LogP contribution in [0, 0.1) is 0 Å². The van der Waals surface area contributed by atoms with Crippen molar-refractivity contribution in [2.24, 2.45) is 11.5 Å². The lowest BCUT2D eigenvalue weighted by Gasteiger charge is -2.00. The highest BCUT2D eigenvalue weighted by Crippen LogP contribution is 1.94. The summed E-state index contributed by atoms with van der Waals surface area (Å²) in [4.78, 5) is 0. The summed E-state index contributed by atoms with van der Waals surface area (Å²) < 4.78 is 22.1. The predicted molar refractivity (Wildman–Crippen MR) is 46.0 cm³/mol. The van der Waals surface area contributed by atoms with Crippen molar-refractivity contribution in [2.45, 2.75) is 12.8 Å². The van der Waals surface area contributed by atoms with E-state index < -0.39 is 9.84 Å². The molecule has 0 aliphatic heterocycles. The molecule has 0 aromatic heterocycles. The van der Waals surface area contributed by atoms with Crippen molar-refractivity contribution >= 4 is 9.84 Å². The van der Waals surface area contributed by atoms with Gasteiger partial charge in [0, 0.05) is 0 Å². The van der Waals surface area contributed by atoms with Crippen molar-refractivity contribution < 1.29 is 8.42 Å². The fourth-order valence-corrected chi connectivity index (χ4v) is 2.13. The summed E-state index contributed by atoms with van der Waals surface area (Å²) in [5, 5.41) is 0. The Morgan fingerprint density at radius 2 is 1.27 bits per heavy atom. The van der Waals surface area contributed by atoms with Gasteiger partial charge in [0.05, 0.1) is 11.5 Å². The summed E-state index contributed by atoms with van der Waals surface area (Å²) in [7, 11) is -2.87. The molecule has 0 fully saturated rings. The molecule has 4 nitrogen and oxygen atoms in total. The minimum Gasteiger partial charge on any atom is -0.330 e. The van der Waals surface area contributed by atoms with Crippen molar-refractivity contribution in [3.05, 3.63) is 0 Å². The van der Waals surface area contributed by atoms with Crippen LogP contribution < -0.4 is 11.5 Å². The molecule has 68 valence electrons. The minimum absolute atomic E-state index is 0.198. The lowest BCUT2D eigenvalue weighted by atomic mass is 10.5. The molecule has 0 saturated heterocycles. The molecule has 0 heterocycles. The molecule has 11 heavy (non-hydrogen) atoms. The number of hydrogen-bond acceptors (Lipinski definition) is 4. The van der Waals surface area contributed by atoms with Crippen molar-refractivity contribution in [2.75, 3.05) is 24.6 Å². The van der Waals surface area contributed by atoms with Gasteiger partial charge < -0.3 is 11.5 Å². The van der Waals surface area contributed by atoms with Gasteiger partial charge >= 0.3 is 0 Å². The molecule has 0 atom stereocenters. The Morgan fingerprint density at radius 1 is 0.909 bits per heavy atom. The molecule has 0 rings (SSSR count). The molecule has 0 saturated carbocycles. The molecule has 0 aliphatic rings. The van der Waals surface area contributed by atoms with Gasteiger partial charge in [-0.05, 0) is 25.9 Å². The maximum Gasteiger partial charge on any atom is 0.150 e. The molecule has 0 aromatic carbocycles. The zero-order chi connectivity index (χ0) is 8.74. The Morgan fingerprint density at radius 3 is 1.55 bits per heavy atom. The number of nitrogens with two attached hydrogens (primary N) is 2. The summed E-state index contributed by atoms with van der Waals surface area (Å²) >= 11 is 0. The van der Waals surface area contributed by atoms with E-state index in [4.69, 9.17) is 11.5 Å². The molecular formula is C6H16N2O2S. The molecule has 0 aliphatic carbocycles. The third kappa shape index (κ3) is 6.28. The lowest BCUT2D eigenvalue weighted by molar-refractivity contribution is 0.591. The zero-order valence-corrected chi connectivity index (χ0v) is 7.44. The Hall–Kier alpha value is -0.130. The van der Waals surface area contributed by atoms with E-state index in [2.05, 4.69) is 0 Å². The summed E-state index contributed by atoms with van der Waals surface area (Å²) in [6.45, 7) is 0.865. The van der Waals surface area contributed by atoms with Gasteiger partial charge in [-0.1, -0.05) is 0 Å². The highest BCUT2D eigenvalue weighted by molar-refractivity contribution is 7.91. The summed E-state index contributed by atoms with van der Waals surface area (Å²) in [6.07, 6.45) is 1.10. The number of rotatable bonds is 6. The molecule has 5 heteroatoms. The third-order valence-corrected chi connectivity index (χ3v) is 3.14. The van der Waals surface area contributed by atoms with Crippen molar-refractivity contribution in [1.29, 1.82) is 0 Å². The van der Waals surface area contributed by atoms with Crippen LogP contribution in [0.2, 0.25) is 0 Å². The van der Waals surface area contributed by atoms with E-state index in [-0.39, 0.29) is 11.5 Å². The van der Waals surface area contributed by atoms with Crippen LogP contribution in [-0.4, -0.2) is 33.0 Å². The van der Waals surface area contributed by atoms with Gasteiger partial charge in [0.1, 0.15) is 9.84 Å². The Bertz CT molecular complexity index is 163. The topological polar surface area (TPSA) is 86.2 Å². The summed E-state index contributed by atoms with van der Waals surface area (Å²) in [5.74, 6) is 0.396. The minimum atomic E-state index is -2.87. The first-order valence-corrected chi connectivity index (χ1v) is 5.55. The van der Waals surface area contributed by atoms with Crippen molar-refractivity contribution in [3.63, 3.8) is 0 Å². The fraction of sp³-hybridized carbons (Fsp3) is 1.00. The average Bonchev–Trinajstić information content (AvgIpc) is 1.97. The second kappa shape index (κ2) is 5.51. The second-order valence-electron chi connectivity index (χ2n) is 2.44. The van der Waals surface area contributed by atoms with Crippen molar-refractivity contribution in [3.8, 4) is 0 Å². The standard InChI is InChI=1S/C6H16N2O2S/c7-3-1-5-11(9,10)6-2-4-8/h1-8H2. The van der Waals surface area contributed by atoms with Crippen LogP contribution in [0.3, 0.4) is 0 Å². The van der Waals surface area contributed by atoms with E-state index >= 15 is 0 Å².